The van der Waals surface area contributed by atoms with Crippen molar-refractivity contribution in [3.63, 3.8) is 0 Å². The van der Waals surface area contributed by atoms with E-state index in [9.17, 15) is 4.79 Å². The van der Waals surface area contributed by atoms with Gasteiger partial charge in [-0.05, 0) is 35.9 Å². The van der Waals surface area contributed by atoms with E-state index in [0.29, 0.717) is 17.1 Å². The van der Waals surface area contributed by atoms with Crippen LogP contribution in [0.2, 0.25) is 0 Å². The molecule has 0 amide bonds. The Labute approximate surface area is 109 Å². The van der Waals surface area contributed by atoms with Gasteiger partial charge >= 0.3 is 5.97 Å². The Morgan fingerprint density at radius 2 is 2.21 bits per heavy atom. The third-order valence-corrected chi connectivity index (χ3v) is 2.88. The third kappa shape index (κ3) is 2.40. The Morgan fingerprint density at radius 1 is 1.47 bits per heavy atom. The van der Waals surface area contributed by atoms with E-state index in [1.807, 2.05) is 19.1 Å². The summed E-state index contributed by atoms with van der Waals surface area (Å²) in [7, 11) is 1.58. The van der Waals surface area contributed by atoms with Gasteiger partial charge in [-0.25, -0.2) is 9.48 Å². The lowest BCUT2D eigenvalue weighted by molar-refractivity contribution is -0.140. The van der Waals surface area contributed by atoms with Gasteiger partial charge in [-0.1, -0.05) is 12.1 Å². The Morgan fingerprint density at radius 3 is 2.84 bits per heavy atom. The molecule has 100 valence electrons. The van der Waals surface area contributed by atoms with Crippen molar-refractivity contribution in [2.45, 2.75) is 19.9 Å². The molecule has 1 aromatic heterocycles. The molecule has 7 heteroatoms. The van der Waals surface area contributed by atoms with Gasteiger partial charge in [0.05, 0.1) is 7.11 Å². The minimum Gasteiger partial charge on any atom is -0.496 e. The summed E-state index contributed by atoms with van der Waals surface area (Å²) in [6, 6.07) is 4.65. The number of ether oxygens (including phenoxy) is 1. The fourth-order valence-electron chi connectivity index (χ4n) is 1.71. The quantitative estimate of drug-likeness (QED) is 0.893. The van der Waals surface area contributed by atoms with Crippen molar-refractivity contribution in [3.05, 3.63) is 23.8 Å². The number of benzene rings is 1. The highest BCUT2D eigenvalue weighted by atomic mass is 16.5. The van der Waals surface area contributed by atoms with E-state index in [1.165, 1.54) is 11.6 Å². The molecule has 0 saturated heterocycles. The van der Waals surface area contributed by atoms with E-state index in [0.717, 1.165) is 5.56 Å². The second-order valence-corrected chi connectivity index (χ2v) is 4.15. The van der Waals surface area contributed by atoms with Gasteiger partial charge in [0.1, 0.15) is 5.75 Å². The SMILES string of the molecule is COc1cc(-c2nnnn2C(C)C(=O)O)ccc1C. The molecule has 2 rings (SSSR count). The lowest BCUT2D eigenvalue weighted by Gasteiger charge is -2.10. The molecule has 1 heterocycles. The predicted octanol–water partition coefficient (Wildman–Crippen LogP) is 1.30. The molecule has 0 radical (unpaired) electrons. The zero-order chi connectivity index (χ0) is 14.0. The van der Waals surface area contributed by atoms with E-state index in [1.54, 1.807) is 13.2 Å². The van der Waals surface area contributed by atoms with Crippen molar-refractivity contribution in [2.24, 2.45) is 0 Å². The lowest BCUT2D eigenvalue weighted by Crippen LogP contribution is -2.18. The fourth-order valence-corrected chi connectivity index (χ4v) is 1.71. The topological polar surface area (TPSA) is 90.1 Å². The molecule has 0 bridgehead atoms. The molecular weight excluding hydrogens is 248 g/mol. The van der Waals surface area contributed by atoms with E-state index in [2.05, 4.69) is 15.5 Å². The van der Waals surface area contributed by atoms with Crippen molar-refractivity contribution in [1.82, 2.24) is 20.2 Å². The number of hydrogen-bond donors (Lipinski definition) is 1. The maximum Gasteiger partial charge on any atom is 0.328 e. The van der Waals surface area contributed by atoms with Gasteiger partial charge in [0.15, 0.2) is 11.9 Å². The summed E-state index contributed by atoms with van der Waals surface area (Å²) in [5.74, 6) is 0.107. The van der Waals surface area contributed by atoms with E-state index in [-0.39, 0.29) is 0 Å². The van der Waals surface area contributed by atoms with Crippen LogP contribution in [0, 0.1) is 6.92 Å². The first-order valence-electron chi connectivity index (χ1n) is 5.70. The number of aryl methyl sites for hydroxylation is 1. The number of nitrogens with zero attached hydrogens (tertiary/aromatic N) is 4. The van der Waals surface area contributed by atoms with E-state index >= 15 is 0 Å². The normalized spacial score (nSPS) is 12.2. The van der Waals surface area contributed by atoms with Crippen LogP contribution in [0.15, 0.2) is 18.2 Å². The second-order valence-electron chi connectivity index (χ2n) is 4.15. The minimum absolute atomic E-state index is 0.396. The molecule has 0 aliphatic carbocycles. The maximum absolute atomic E-state index is 11.0. The highest BCUT2D eigenvalue weighted by molar-refractivity contribution is 5.72. The lowest BCUT2D eigenvalue weighted by atomic mass is 10.1. The number of aromatic nitrogens is 4. The van der Waals surface area contributed by atoms with Gasteiger partial charge in [-0.2, -0.15) is 0 Å². The number of aliphatic carboxylic acids is 1. The zero-order valence-corrected chi connectivity index (χ0v) is 10.9. The van der Waals surface area contributed by atoms with Crippen molar-refractivity contribution < 1.29 is 14.6 Å². The summed E-state index contributed by atoms with van der Waals surface area (Å²) < 4.78 is 6.51. The van der Waals surface area contributed by atoms with Crippen LogP contribution in [0.1, 0.15) is 18.5 Å². The Balaban J connectivity index is 2.48. The number of carbonyl (C=O) groups is 1. The third-order valence-electron chi connectivity index (χ3n) is 2.88. The zero-order valence-electron chi connectivity index (χ0n) is 10.9. The minimum atomic E-state index is -0.993. The highest BCUT2D eigenvalue weighted by Crippen LogP contribution is 2.26. The molecule has 0 aliphatic rings. The average Bonchev–Trinajstić information content (AvgIpc) is 2.87. The van der Waals surface area contributed by atoms with Gasteiger partial charge < -0.3 is 9.84 Å². The van der Waals surface area contributed by atoms with E-state index < -0.39 is 12.0 Å². The summed E-state index contributed by atoms with van der Waals surface area (Å²) in [5, 5.41) is 20.2. The second kappa shape index (κ2) is 5.05. The van der Waals surface area contributed by atoms with Crippen LogP contribution in [0.4, 0.5) is 0 Å². The molecule has 0 saturated carbocycles. The highest BCUT2D eigenvalue weighted by Gasteiger charge is 2.20. The number of methoxy groups -OCH3 is 1. The van der Waals surface area contributed by atoms with Crippen LogP contribution in [0.5, 0.6) is 5.75 Å². The summed E-state index contributed by atoms with van der Waals surface area (Å²) in [5.41, 5.74) is 1.69. The van der Waals surface area contributed by atoms with Gasteiger partial charge in [0.2, 0.25) is 0 Å². The van der Waals surface area contributed by atoms with Gasteiger partial charge in [0.25, 0.3) is 0 Å². The number of carboxylic acid groups (broad SMARTS) is 1. The maximum atomic E-state index is 11.0. The fraction of sp³-hybridized carbons (Fsp3) is 0.333. The summed E-state index contributed by atoms with van der Waals surface area (Å²) >= 11 is 0. The molecular formula is C12H14N4O3. The Hall–Kier alpha value is -2.44. The molecule has 1 atom stereocenters. The molecule has 0 aliphatic heterocycles. The molecule has 0 spiro atoms. The first kappa shape index (κ1) is 13.0. The van der Waals surface area contributed by atoms with Crippen molar-refractivity contribution in [1.29, 1.82) is 0 Å². The van der Waals surface area contributed by atoms with Crippen LogP contribution in [0.25, 0.3) is 11.4 Å². The standard InChI is InChI=1S/C12H14N4O3/c1-7-4-5-9(6-10(7)19-3)11-13-14-15-16(11)8(2)12(17)18/h4-6,8H,1-3H3,(H,17,18). The van der Waals surface area contributed by atoms with Gasteiger partial charge in [-0.15, -0.1) is 5.10 Å². The first-order chi connectivity index (χ1) is 9.04. The van der Waals surface area contributed by atoms with Crippen LogP contribution in [-0.4, -0.2) is 38.4 Å². The number of rotatable bonds is 4. The Bertz CT molecular complexity index is 609. The van der Waals surface area contributed by atoms with Crippen molar-refractivity contribution >= 4 is 5.97 Å². The molecule has 0 fully saturated rings. The van der Waals surface area contributed by atoms with Crippen LogP contribution in [0.3, 0.4) is 0 Å². The summed E-state index contributed by atoms with van der Waals surface area (Å²) in [4.78, 5) is 11.0. The average molecular weight is 262 g/mol. The molecule has 1 unspecified atom stereocenters. The number of carboxylic acids is 1. The molecule has 7 nitrogen and oxygen atoms in total. The monoisotopic (exact) mass is 262 g/mol. The van der Waals surface area contributed by atoms with Crippen LogP contribution >= 0.6 is 0 Å². The number of hydrogen-bond acceptors (Lipinski definition) is 5. The smallest absolute Gasteiger partial charge is 0.328 e. The van der Waals surface area contributed by atoms with Crippen LogP contribution < -0.4 is 4.74 Å². The van der Waals surface area contributed by atoms with Crippen LogP contribution in [-0.2, 0) is 4.79 Å². The summed E-state index contributed by atoms with van der Waals surface area (Å²) in [6.07, 6.45) is 0. The number of tetrazole rings is 1. The Kier molecular flexibility index (Phi) is 3.46. The molecule has 19 heavy (non-hydrogen) atoms. The van der Waals surface area contributed by atoms with Crippen molar-refractivity contribution in [2.75, 3.05) is 7.11 Å². The van der Waals surface area contributed by atoms with Gasteiger partial charge in [0, 0.05) is 5.56 Å². The molecule has 2 aromatic rings. The largest absolute Gasteiger partial charge is 0.496 e. The van der Waals surface area contributed by atoms with Gasteiger partial charge in [-0.3, -0.25) is 0 Å². The van der Waals surface area contributed by atoms with E-state index in [4.69, 9.17) is 9.84 Å². The first-order valence-corrected chi connectivity index (χ1v) is 5.70. The molecule has 1 aromatic carbocycles. The molecule has 1 N–H and O–H groups in total. The summed E-state index contributed by atoms with van der Waals surface area (Å²) in [6.45, 7) is 3.44. The van der Waals surface area contributed by atoms with Crippen molar-refractivity contribution in [3.8, 4) is 17.1 Å². The predicted molar refractivity (Wildman–Crippen MR) is 66.9 cm³/mol.